The number of rotatable bonds is 6. The van der Waals surface area contributed by atoms with Crippen LogP contribution in [0.25, 0.3) is 0 Å². The number of furan rings is 1. The molecular weight excluding hydrogens is 252 g/mol. The lowest BCUT2D eigenvalue weighted by molar-refractivity contribution is -0.0527. The molecule has 1 aromatic heterocycles. The van der Waals surface area contributed by atoms with Crippen molar-refractivity contribution in [2.45, 2.75) is 59.4 Å². The first kappa shape index (κ1) is 15.5. The van der Waals surface area contributed by atoms with Crippen LogP contribution >= 0.6 is 0 Å². The molecule has 0 aliphatic carbocycles. The van der Waals surface area contributed by atoms with Crippen LogP contribution in [0.2, 0.25) is 0 Å². The highest BCUT2D eigenvalue weighted by Crippen LogP contribution is 2.20. The van der Waals surface area contributed by atoms with Gasteiger partial charge in [-0.1, -0.05) is 6.92 Å². The van der Waals surface area contributed by atoms with E-state index in [-0.39, 0.29) is 0 Å². The molecule has 0 amide bonds. The molecule has 0 saturated carbocycles. The van der Waals surface area contributed by atoms with Gasteiger partial charge in [0, 0.05) is 24.7 Å². The Morgan fingerprint density at radius 1 is 1.40 bits per heavy atom. The minimum absolute atomic E-state index is 0.323. The first-order valence-corrected chi connectivity index (χ1v) is 7.74. The summed E-state index contributed by atoms with van der Waals surface area (Å²) in [6.45, 7) is 13.2. The zero-order valence-electron chi connectivity index (χ0n) is 13.2. The molecule has 4 heteroatoms. The minimum atomic E-state index is 0.323. The van der Waals surface area contributed by atoms with Crippen LogP contribution in [0.15, 0.2) is 10.5 Å². The fourth-order valence-electron chi connectivity index (χ4n) is 2.63. The van der Waals surface area contributed by atoms with E-state index in [1.165, 1.54) is 5.56 Å². The Kier molecular flexibility index (Phi) is 5.64. The van der Waals surface area contributed by atoms with Crippen LogP contribution in [0, 0.1) is 6.92 Å². The van der Waals surface area contributed by atoms with Gasteiger partial charge in [-0.25, -0.2) is 0 Å². The van der Waals surface area contributed by atoms with Crippen molar-refractivity contribution in [2.75, 3.05) is 19.7 Å². The normalized spacial score (nSPS) is 24.2. The van der Waals surface area contributed by atoms with Gasteiger partial charge in [0.15, 0.2) is 0 Å². The lowest BCUT2D eigenvalue weighted by Crippen LogP contribution is -2.46. The summed E-state index contributed by atoms with van der Waals surface area (Å²) < 4.78 is 11.5. The van der Waals surface area contributed by atoms with Crippen molar-refractivity contribution in [3.8, 4) is 0 Å². The molecule has 0 spiro atoms. The molecule has 1 saturated heterocycles. The zero-order valence-corrected chi connectivity index (χ0v) is 13.2. The highest BCUT2D eigenvalue weighted by Gasteiger charge is 2.24. The summed E-state index contributed by atoms with van der Waals surface area (Å²) >= 11 is 0. The number of aryl methyl sites for hydroxylation is 1. The number of ether oxygens (including phenoxy) is 1. The lowest BCUT2D eigenvalue weighted by atomic mass is 10.1. The van der Waals surface area contributed by atoms with E-state index >= 15 is 0 Å². The minimum Gasteiger partial charge on any atom is -0.465 e. The fourth-order valence-corrected chi connectivity index (χ4v) is 2.63. The number of nitrogens with one attached hydrogen (secondary N) is 1. The summed E-state index contributed by atoms with van der Waals surface area (Å²) in [7, 11) is 0. The second-order valence-corrected chi connectivity index (χ2v) is 5.89. The summed E-state index contributed by atoms with van der Waals surface area (Å²) in [4.78, 5) is 2.48. The molecule has 1 aromatic rings. The van der Waals surface area contributed by atoms with E-state index in [0.717, 1.165) is 50.7 Å². The quantitative estimate of drug-likeness (QED) is 0.813. The van der Waals surface area contributed by atoms with Crippen molar-refractivity contribution >= 4 is 0 Å². The maximum Gasteiger partial charge on any atom is 0.118 e. The Balaban J connectivity index is 1.94. The number of hydrogen-bond acceptors (Lipinski definition) is 4. The van der Waals surface area contributed by atoms with E-state index in [9.17, 15) is 0 Å². The van der Waals surface area contributed by atoms with Gasteiger partial charge in [-0.05, 0) is 39.8 Å². The first-order valence-electron chi connectivity index (χ1n) is 7.74. The summed E-state index contributed by atoms with van der Waals surface area (Å²) in [6.07, 6.45) is 1.47. The second kappa shape index (κ2) is 7.25. The van der Waals surface area contributed by atoms with Crippen molar-refractivity contribution in [2.24, 2.45) is 0 Å². The number of morpholine rings is 1. The van der Waals surface area contributed by atoms with Crippen molar-refractivity contribution in [3.63, 3.8) is 0 Å². The van der Waals surface area contributed by atoms with Gasteiger partial charge >= 0.3 is 0 Å². The van der Waals surface area contributed by atoms with Crippen molar-refractivity contribution < 1.29 is 9.15 Å². The smallest absolute Gasteiger partial charge is 0.118 e. The topological polar surface area (TPSA) is 37.6 Å². The predicted octanol–water partition coefficient (Wildman–Crippen LogP) is 2.70. The summed E-state index contributed by atoms with van der Waals surface area (Å²) in [5.41, 5.74) is 1.30. The van der Waals surface area contributed by atoms with E-state index in [1.54, 1.807) is 0 Å². The van der Waals surface area contributed by atoms with E-state index in [4.69, 9.17) is 9.15 Å². The monoisotopic (exact) mass is 280 g/mol. The Morgan fingerprint density at radius 3 is 2.95 bits per heavy atom. The molecule has 114 valence electrons. The Labute approximate surface area is 122 Å². The molecule has 0 radical (unpaired) electrons. The first-order chi connectivity index (χ1) is 9.60. The third kappa shape index (κ3) is 4.08. The molecule has 0 aromatic carbocycles. The molecular formula is C16H28N2O2. The third-order valence-electron chi connectivity index (χ3n) is 3.91. The van der Waals surface area contributed by atoms with Gasteiger partial charge in [0.1, 0.15) is 11.5 Å². The van der Waals surface area contributed by atoms with Crippen LogP contribution in [0.1, 0.15) is 44.3 Å². The highest BCUT2D eigenvalue weighted by atomic mass is 16.5. The van der Waals surface area contributed by atoms with Gasteiger partial charge in [0.05, 0.1) is 19.3 Å². The fraction of sp³-hybridized carbons (Fsp3) is 0.750. The molecule has 20 heavy (non-hydrogen) atoms. The number of hydrogen-bond donors (Lipinski definition) is 1. The molecule has 4 nitrogen and oxygen atoms in total. The van der Waals surface area contributed by atoms with Gasteiger partial charge in [-0.2, -0.15) is 0 Å². The van der Waals surface area contributed by atoms with Gasteiger partial charge in [0.2, 0.25) is 0 Å². The Bertz CT molecular complexity index is 417. The maximum absolute atomic E-state index is 5.84. The average molecular weight is 280 g/mol. The van der Waals surface area contributed by atoms with E-state index in [2.05, 4.69) is 44.0 Å². The van der Waals surface area contributed by atoms with Gasteiger partial charge in [0.25, 0.3) is 0 Å². The SMILES string of the molecule is CCCNCc1cc(CN2CC(C)OCC2C)c(C)o1. The van der Waals surface area contributed by atoms with Crippen LogP contribution in [0.5, 0.6) is 0 Å². The standard InChI is InChI=1S/C16H28N2O2/c1-5-6-17-8-16-7-15(14(4)20-16)10-18-9-13(3)19-11-12(18)2/h7,12-13,17H,5-6,8-11H2,1-4H3. The van der Waals surface area contributed by atoms with Gasteiger partial charge < -0.3 is 14.5 Å². The third-order valence-corrected chi connectivity index (χ3v) is 3.91. The van der Waals surface area contributed by atoms with Gasteiger partial charge in [-0.15, -0.1) is 0 Å². The lowest BCUT2D eigenvalue weighted by Gasteiger charge is -2.36. The average Bonchev–Trinajstić information content (AvgIpc) is 2.75. The zero-order chi connectivity index (χ0) is 14.5. The summed E-state index contributed by atoms with van der Waals surface area (Å²) in [5, 5.41) is 3.38. The van der Waals surface area contributed by atoms with Crippen LogP contribution in [0.3, 0.4) is 0 Å². The molecule has 1 fully saturated rings. The van der Waals surface area contributed by atoms with Crippen LogP contribution in [-0.2, 0) is 17.8 Å². The summed E-state index contributed by atoms with van der Waals surface area (Å²) in [6, 6.07) is 2.67. The van der Waals surface area contributed by atoms with Gasteiger partial charge in [-0.3, -0.25) is 4.90 Å². The van der Waals surface area contributed by atoms with Crippen molar-refractivity contribution in [1.82, 2.24) is 10.2 Å². The van der Waals surface area contributed by atoms with Crippen LogP contribution in [0.4, 0.5) is 0 Å². The summed E-state index contributed by atoms with van der Waals surface area (Å²) in [5.74, 6) is 2.09. The van der Waals surface area contributed by atoms with E-state index in [1.807, 2.05) is 0 Å². The molecule has 2 unspecified atom stereocenters. The molecule has 1 aliphatic heterocycles. The van der Waals surface area contributed by atoms with E-state index in [0.29, 0.717) is 12.1 Å². The second-order valence-electron chi connectivity index (χ2n) is 5.89. The molecule has 2 atom stereocenters. The molecule has 2 rings (SSSR count). The Hall–Kier alpha value is -0.840. The molecule has 1 aliphatic rings. The molecule has 0 bridgehead atoms. The van der Waals surface area contributed by atoms with Crippen LogP contribution in [-0.4, -0.2) is 36.7 Å². The van der Waals surface area contributed by atoms with Crippen molar-refractivity contribution in [3.05, 3.63) is 23.2 Å². The van der Waals surface area contributed by atoms with Crippen LogP contribution < -0.4 is 5.32 Å². The number of nitrogens with zero attached hydrogens (tertiary/aromatic N) is 1. The van der Waals surface area contributed by atoms with Crippen molar-refractivity contribution in [1.29, 1.82) is 0 Å². The largest absolute Gasteiger partial charge is 0.465 e. The molecule has 1 N–H and O–H groups in total. The maximum atomic E-state index is 5.84. The predicted molar refractivity (Wildman–Crippen MR) is 80.7 cm³/mol. The Morgan fingerprint density at radius 2 is 2.20 bits per heavy atom. The molecule has 2 heterocycles. The highest BCUT2D eigenvalue weighted by molar-refractivity contribution is 5.21. The van der Waals surface area contributed by atoms with E-state index < -0.39 is 0 Å².